The second-order valence-electron chi connectivity index (χ2n) is 2.36. The lowest BCUT2D eigenvalue weighted by atomic mass is 10.4. The minimum absolute atomic E-state index is 0.0683. The van der Waals surface area contributed by atoms with Gasteiger partial charge in [-0.3, -0.25) is 4.79 Å². The van der Waals surface area contributed by atoms with Crippen molar-refractivity contribution in [3.05, 3.63) is 12.3 Å². The first-order valence-corrected chi connectivity index (χ1v) is 3.86. The van der Waals surface area contributed by atoms with Crippen LogP contribution >= 0.6 is 0 Å². The van der Waals surface area contributed by atoms with Gasteiger partial charge < -0.3 is 15.3 Å². The summed E-state index contributed by atoms with van der Waals surface area (Å²) in [7, 11) is 0. The molecule has 0 rings (SSSR count). The third kappa shape index (κ3) is 6.86. The number of esters is 1. The Balaban J connectivity index is 3.84. The number of rotatable bonds is 5. The Labute approximate surface area is 77.2 Å². The van der Waals surface area contributed by atoms with Crippen LogP contribution in [0.3, 0.4) is 0 Å². The summed E-state index contributed by atoms with van der Waals surface area (Å²) in [6.45, 7) is 7.11. The molecule has 0 saturated carbocycles. The van der Waals surface area contributed by atoms with Gasteiger partial charge in [0, 0.05) is 0 Å². The average molecular weight is 186 g/mol. The number of allylic oxidation sites excluding steroid dienone is 1. The van der Waals surface area contributed by atoms with Gasteiger partial charge in [0.05, 0.1) is 6.61 Å². The first kappa shape index (κ1) is 11.5. The van der Waals surface area contributed by atoms with Crippen molar-refractivity contribution >= 4 is 11.8 Å². The Kier molecular flexibility index (Phi) is 5.34. The van der Waals surface area contributed by atoms with Crippen molar-refractivity contribution in [1.82, 2.24) is 0 Å². The van der Waals surface area contributed by atoms with Crippen LogP contribution in [0.1, 0.15) is 20.3 Å². The standard InChI is InChI=1S/C8H14N2O3/c1-4-12-8(11)5-7(9)10-13-6(2)3/h2,4-5H2,1,3H3,(H2,9,10). The van der Waals surface area contributed by atoms with Crippen molar-refractivity contribution in [1.29, 1.82) is 0 Å². The maximum absolute atomic E-state index is 10.8. The van der Waals surface area contributed by atoms with Crippen LogP contribution in [0.15, 0.2) is 17.5 Å². The highest BCUT2D eigenvalue weighted by atomic mass is 16.6. The number of hydrogen-bond donors (Lipinski definition) is 1. The van der Waals surface area contributed by atoms with Gasteiger partial charge in [-0.05, 0) is 13.8 Å². The molecule has 0 heterocycles. The maximum atomic E-state index is 10.8. The molecule has 0 aliphatic heterocycles. The highest BCUT2D eigenvalue weighted by Crippen LogP contribution is 1.93. The molecule has 13 heavy (non-hydrogen) atoms. The number of nitrogens with zero attached hydrogens (tertiary/aromatic N) is 1. The molecule has 0 bridgehead atoms. The molecule has 0 amide bonds. The molecule has 0 saturated heterocycles. The SMILES string of the molecule is C=C(C)O/N=C(\N)CC(=O)OCC. The summed E-state index contributed by atoms with van der Waals surface area (Å²) in [6.07, 6.45) is -0.0683. The molecule has 0 aliphatic rings. The Morgan fingerprint density at radius 1 is 1.62 bits per heavy atom. The number of nitrogens with two attached hydrogens (primary N) is 1. The number of hydrogen-bond acceptors (Lipinski definition) is 4. The van der Waals surface area contributed by atoms with E-state index < -0.39 is 5.97 Å². The summed E-state index contributed by atoms with van der Waals surface area (Å²) in [5.74, 6) is 0.0577. The zero-order valence-electron chi connectivity index (χ0n) is 7.87. The summed E-state index contributed by atoms with van der Waals surface area (Å²) in [5.41, 5.74) is 5.34. The van der Waals surface area contributed by atoms with E-state index >= 15 is 0 Å². The van der Waals surface area contributed by atoms with Crippen LogP contribution in [0.2, 0.25) is 0 Å². The Hall–Kier alpha value is -1.52. The molecule has 74 valence electrons. The van der Waals surface area contributed by atoms with Gasteiger partial charge in [-0.2, -0.15) is 0 Å². The zero-order valence-corrected chi connectivity index (χ0v) is 7.87. The van der Waals surface area contributed by atoms with Gasteiger partial charge in [-0.1, -0.05) is 11.7 Å². The highest BCUT2D eigenvalue weighted by Gasteiger charge is 2.04. The van der Waals surface area contributed by atoms with Crippen molar-refractivity contribution in [3.8, 4) is 0 Å². The fourth-order valence-electron chi connectivity index (χ4n) is 0.529. The van der Waals surface area contributed by atoms with Crippen LogP contribution in [0.4, 0.5) is 0 Å². The molecular weight excluding hydrogens is 172 g/mol. The summed E-state index contributed by atoms with van der Waals surface area (Å²) in [6, 6.07) is 0. The van der Waals surface area contributed by atoms with E-state index in [1.165, 1.54) is 0 Å². The Morgan fingerprint density at radius 3 is 2.69 bits per heavy atom. The van der Waals surface area contributed by atoms with Crippen LogP contribution in [-0.4, -0.2) is 18.4 Å². The van der Waals surface area contributed by atoms with Crippen LogP contribution in [0.25, 0.3) is 0 Å². The molecule has 5 nitrogen and oxygen atoms in total. The summed E-state index contributed by atoms with van der Waals surface area (Å²) in [4.78, 5) is 15.5. The minimum Gasteiger partial charge on any atom is -0.466 e. The third-order valence-electron chi connectivity index (χ3n) is 0.950. The number of oxime groups is 1. The van der Waals surface area contributed by atoms with Gasteiger partial charge >= 0.3 is 5.97 Å². The van der Waals surface area contributed by atoms with Gasteiger partial charge in [-0.15, -0.1) is 0 Å². The van der Waals surface area contributed by atoms with Gasteiger partial charge in [0.1, 0.15) is 12.2 Å². The maximum Gasteiger partial charge on any atom is 0.313 e. The van der Waals surface area contributed by atoms with Crippen LogP contribution in [-0.2, 0) is 14.4 Å². The smallest absolute Gasteiger partial charge is 0.313 e. The second kappa shape index (κ2) is 6.05. The first-order valence-electron chi connectivity index (χ1n) is 3.86. The lowest BCUT2D eigenvalue weighted by Crippen LogP contribution is -2.19. The Bertz CT molecular complexity index is 223. The van der Waals surface area contributed by atoms with Crippen molar-refractivity contribution < 1.29 is 14.4 Å². The zero-order chi connectivity index (χ0) is 10.3. The quantitative estimate of drug-likeness (QED) is 0.226. The van der Waals surface area contributed by atoms with Crippen molar-refractivity contribution in [2.45, 2.75) is 20.3 Å². The Morgan fingerprint density at radius 2 is 2.23 bits per heavy atom. The van der Waals surface area contributed by atoms with E-state index in [0.717, 1.165) is 0 Å². The number of carbonyl (C=O) groups excluding carboxylic acids is 1. The summed E-state index contributed by atoms with van der Waals surface area (Å²) >= 11 is 0. The molecule has 0 aromatic rings. The lowest BCUT2D eigenvalue weighted by molar-refractivity contribution is -0.141. The molecule has 2 N–H and O–H groups in total. The molecule has 0 aromatic carbocycles. The third-order valence-corrected chi connectivity index (χ3v) is 0.950. The van der Waals surface area contributed by atoms with Crippen LogP contribution < -0.4 is 5.73 Å². The molecule has 0 radical (unpaired) electrons. The number of carbonyl (C=O) groups is 1. The van der Waals surface area contributed by atoms with Gasteiger partial charge in [-0.25, -0.2) is 0 Å². The fraction of sp³-hybridized carbons (Fsp3) is 0.500. The molecule has 5 heteroatoms. The number of amidine groups is 1. The summed E-state index contributed by atoms with van der Waals surface area (Å²) in [5, 5.41) is 3.44. The van der Waals surface area contributed by atoms with E-state index in [1.54, 1.807) is 13.8 Å². The molecule has 0 aromatic heterocycles. The molecule has 0 spiro atoms. The monoisotopic (exact) mass is 186 g/mol. The normalized spacial score (nSPS) is 10.8. The largest absolute Gasteiger partial charge is 0.466 e. The van der Waals surface area contributed by atoms with Crippen molar-refractivity contribution in [3.63, 3.8) is 0 Å². The first-order chi connectivity index (χ1) is 6.06. The highest BCUT2D eigenvalue weighted by molar-refractivity contribution is 5.96. The van der Waals surface area contributed by atoms with E-state index in [-0.39, 0.29) is 12.3 Å². The molecule has 0 fully saturated rings. The molecule has 0 atom stereocenters. The van der Waals surface area contributed by atoms with E-state index in [1.807, 2.05) is 0 Å². The molecule has 0 unspecified atom stereocenters. The fourth-order valence-corrected chi connectivity index (χ4v) is 0.529. The predicted molar refractivity (Wildman–Crippen MR) is 48.8 cm³/mol. The van der Waals surface area contributed by atoms with E-state index in [9.17, 15) is 4.79 Å². The van der Waals surface area contributed by atoms with Crippen molar-refractivity contribution in [2.24, 2.45) is 10.9 Å². The summed E-state index contributed by atoms with van der Waals surface area (Å²) < 4.78 is 4.64. The topological polar surface area (TPSA) is 73.9 Å². The van der Waals surface area contributed by atoms with Crippen LogP contribution in [0, 0.1) is 0 Å². The van der Waals surface area contributed by atoms with Gasteiger partial charge in [0.2, 0.25) is 0 Å². The number of ether oxygens (including phenoxy) is 1. The average Bonchev–Trinajstić information content (AvgIpc) is 2.01. The van der Waals surface area contributed by atoms with E-state index in [2.05, 4.69) is 21.3 Å². The molecular formula is C8H14N2O3. The lowest BCUT2D eigenvalue weighted by Gasteiger charge is -2.01. The minimum atomic E-state index is -0.422. The predicted octanol–water partition coefficient (Wildman–Crippen LogP) is 0.762. The van der Waals surface area contributed by atoms with E-state index in [4.69, 9.17) is 5.73 Å². The van der Waals surface area contributed by atoms with Gasteiger partial charge in [0.15, 0.2) is 5.84 Å². The molecule has 0 aliphatic carbocycles. The van der Waals surface area contributed by atoms with Gasteiger partial charge in [0.25, 0.3) is 0 Å². The van der Waals surface area contributed by atoms with E-state index in [0.29, 0.717) is 12.4 Å². The van der Waals surface area contributed by atoms with Crippen LogP contribution in [0.5, 0.6) is 0 Å². The van der Waals surface area contributed by atoms with Crippen molar-refractivity contribution in [2.75, 3.05) is 6.61 Å². The second-order valence-corrected chi connectivity index (χ2v) is 2.36.